The van der Waals surface area contributed by atoms with Crippen molar-refractivity contribution in [1.82, 2.24) is 29.3 Å². The predicted octanol–water partition coefficient (Wildman–Crippen LogP) is 1.62. The summed E-state index contributed by atoms with van der Waals surface area (Å²) in [7, 11) is 0. The zero-order valence-electron chi connectivity index (χ0n) is 15.1. The molecule has 0 radical (unpaired) electrons. The Morgan fingerprint density at radius 2 is 2.04 bits per heavy atom. The number of benzene rings is 1. The van der Waals surface area contributed by atoms with Crippen molar-refractivity contribution in [2.75, 3.05) is 37.3 Å². The van der Waals surface area contributed by atoms with Crippen LogP contribution in [-0.2, 0) is 0 Å². The Morgan fingerprint density at radius 3 is 2.75 bits per heavy atom. The molecule has 11 heteroatoms. The largest absolute Gasteiger partial charge is 0.492 e. The Morgan fingerprint density at radius 1 is 1.25 bits per heavy atom. The van der Waals surface area contributed by atoms with Crippen LogP contribution in [0.3, 0.4) is 0 Å². The standard InChI is InChI=1S/C17H20N8O2S/c18-16-20-17(22-25(16)15(26)14-11-28-23-21-14)19-12-3-5-13(6-4-12)27-10-9-24-7-1-2-8-24/h3-6,11H,1-2,7-10H2,(H3,18,19,20,22). The van der Waals surface area contributed by atoms with Crippen LogP contribution in [0.5, 0.6) is 5.75 Å². The highest BCUT2D eigenvalue weighted by molar-refractivity contribution is 7.03. The maximum absolute atomic E-state index is 12.3. The third-order valence-corrected chi connectivity index (χ3v) is 4.89. The first-order chi connectivity index (χ1) is 13.7. The van der Waals surface area contributed by atoms with E-state index in [1.807, 2.05) is 24.3 Å². The average molecular weight is 400 g/mol. The van der Waals surface area contributed by atoms with E-state index in [0.29, 0.717) is 6.61 Å². The zero-order chi connectivity index (χ0) is 19.3. The maximum atomic E-state index is 12.3. The molecule has 4 rings (SSSR count). The van der Waals surface area contributed by atoms with E-state index < -0.39 is 5.91 Å². The summed E-state index contributed by atoms with van der Waals surface area (Å²) < 4.78 is 10.4. The van der Waals surface area contributed by atoms with Crippen molar-refractivity contribution in [1.29, 1.82) is 0 Å². The lowest BCUT2D eigenvalue weighted by Gasteiger charge is -2.15. The number of rotatable bonds is 7. The molecule has 1 aliphatic rings. The molecule has 0 saturated carbocycles. The molecule has 3 aromatic rings. The normalized spacial score (nSPS) is 14.3. The quantitative estimate of drug-likeness (QED) is 0.608. The number of nitrogen functional groups attached to an aromatic ring is 1. The number of anilines is 3. The van der Waals surface area contributed by atoms with Gasteiger partial charge < -0.3 is 15.8 Å². The fourth-order valence-electron chi connectivity index (χ4n) is 2.96. The lowest BCUT2D eigenvalue weighted by molar-refractivity contribution is 0.0943. The van der Waals surface area contributed by atoms with Crippen LogP contribution >= 0.6 is 11.5 Å². The number of aromatic nitrogens is 5. The van der Waals surface area contributed by atoms with Crippen molar-refractivity contribution >= 4 is 35.0 Å². The van der Waals surface area contributed by atoms with Gasteiger partial charge in [0.25, 0.3) is 0 Å². The first-order valence-electron chi connectivity index (χ1n) is 8.95. The smallest absolute Gasteiger partial charge is 0.302 e. The molecule has 0 unspecified atom stereocenters. The molecule has 1 fully saturated rings. The molecular formula is C17H20N8O2S. The van der Waals surface area contributed by atoms with Crippen LogP contribution in [-0.4, -0.2) is 61.4 Å². The van der Waals surface area contributed by atoms with E-state index in [0.717, 1.165) is 47.3 Å². The van der Waals surface area contributed by atoms with Gasteiger partial charge in [-0.15, -0.1) is 10.2 Å². The van der Waals surface area contributed by atoms with Crippen LogP contribution in [0.15, 0.2) is 29.6 Å². The van der Waals surface area contributed by atoms with Crippen molar-refractivity contribution in [2.24, 2.45) is 0 Å². The van der Waals surface area contributed by atoms with Crippen LogP contribution in [0.2, 0.25) is 0 Å². The zero-order valence-corrected chi connectivity index (χ0v) is 15.9. The molecule has 2 aromatic heterocycles. The molecule has 0 spiro atoms. The summed E-state index contributed by atoms with van der Waals surface area (Å²) in [6, 6.07) is 7.46. The number of carbonyl (C=O) groups is 1. The summed E-state index contributed by atoms with van der Waals surface area (Å²) in [5.41, 5.74) is 6.72. The number of nitrogens with two attached hydrogens (primary N) is 1. The van der Waals surface area contributed by atoms with Gasteiger partial charge in [-0.1, -0.05) is 4.49 Å². The number of ether oxygens (including phenoxy) is 1. The lowest BCUT2D eigenvalue weighted by atomic mass is 10.3. The van der Waals surface area contributed by atoms with Gasteiger partial charge in [-0.3, -0.25) is 9.69 Å². The van der Waals surface area contributed by atoms with Gasteiger partial charge in [-0.05, 0) is 61.7 Å². The summed E-state index contributed by atoms with van der Waals surface area (Å²) in [6.07, 6.45) is 2.56. The summed E-state index contributed by atoms with van der Waals surface area (Å²) in [6.45, 7) is 3.94. The summed E-state index contributed by atoms with van der Waals surface area (Å²) >= 11 is 1.08. The molecule has 3 N–H and O–H groups in total. The molecule has 0 atom stereocenters. The molecule has 0 amide bonds. The third kappa shape index (κ3) is 4.26. The molecule has 0 aliphatic carbocycles. The first kappa shape index (κ1) is 18.3. The minimum Gasteiger partial charge on any atom is -0.492 e. The van der Waals surface area contributed by atoms with Crippen molar-refractivity contribution in [2.45, 2.75) is 12.8 Å². The highest BCUT2D eigenvalue weighted by atomic mass is 32.1. The maximum Gasteiger partial charge on any atom is 0.302 e. The van der Waals surface area contributed by atoms with E-state index in [-0.39, 0.29) is 17.6 Å². The van der Waals surface area contributed by atoms with Gasteiger partial charge in [-0.2, -0.15) is 9.67 Å². The van der Waals surface area contributed by atoms with Gasteiger partial charge in [0.1, 0.15) is 12.4 Å². The lowest BCUT2D eigenvalue weighted by Crippen LogP contribution is -2.25. The molecule has 10 nitrogen and oxygen atoms in total. The number of nitrogens with one attached hydrogen (secondary N) is 1. The van der Waals surface area contributed by atoms with Crippen LogP contribution < -0.4 is 15.8 Å². The Hall–Kier alpha value is -3.05. The van der Waals surface area contributed by atoms with Crippen molar-refractivity contribution in [3.05, 3.63) is 35.3 Å². The van der Waals surface area contributed by atoms with Gasteiger partial charge in [0.2, 0.25) is 11.9 Å². The Balaban J connectivity index is 1.34. The fourth-order valence-corrected chi connectivity index (χ4v) is 3.39. The molecular weight excluding hydrogens is 380 g/mol. The Bertz CT molecular complexity index is 919. The fraction of sp³-hybridized carbons (Fsp3) is 0.353. The average Bonchev–Trinajstić information content (AvgIpc) is 3.45. The van der Waals surface area contributed by atoms with E-state index in [2.05, 4.69) is 29.9 Å². The van der Waals surface area contributed by atoms with Crippen LogP contribution in [0.4, 0.5) is 17.6 Å². The van der Waals surface area contributed by atoms with Crippen LogP contribution in [0.1, 0.15) is 23.3 Å². The van der Waals surface area contributed by atoms with E-state index in [1.165, 1.54) is 18.2 Å². The highest BCUT2D eigenvalue weighted by Crippen LogP contribution is 2.19. The third-order valence-electron chi connectivity index (χ3n) is 4.39. The molecule has 0 bridgehead atoms. The summed E-state index contributed by atoms with van der Waals surface area (Å²) in [5.74, 6) is 0.515. The molecule has 1 aliphatic heterocycles. The monoisotopic (exact) mass is 400 g/mol. The number of hydrogen-bond acceptors (Lipinski definition) is 10. The van der Waals surface area contributed by atoms with Crippen molar-refractivity contribution in [3.8, 4) is 5.75 Å². The van der Waals surface area contributed by atoms with E-state index >= 15 is 0 Å². The van der Waals surface area contributed by atoms with E-state index in [4.69, 9.17) is 10.5 Å². The summed E-state index contributed by atoms with van der Waals surface area (Å²) in [5, 5.41) is 12.4. The topological polar surface area (TPSA) is 124 Å². The van der Waals surface area contributed by atoms with E-state index in [9.17, 15) is 4.79 Å². The molecule has 146 valence electrons. The number of nitrogens with zero attached hydrogens (tertiary/aromatic N) is 6. The van der Waals surface area contributed by atoms with Crippen molar-refractivity contribution in [3.63, 3.8) is 0 Å². The van der Waals surface area contributed by atoms with Crippen LogP contribution in [0.25, 0.3) is 0 Å². The highest BCUT2D eigenvalue weighted by Gasteiger charge is 2.18. The van der Waals surface area contributed by atoms with Gasteiger partial charge in [0, 0.05) is 17.6 Å². The Kier molecular flexibility index (Phi) is 5.44. The first-order valence-corrected chi connectivity index (χ1v) is 9.79. The Labute approximate surface area is 165 Å². The minimum absolute atomic E-state index is 0.0256. The number of hydrogen-bond donors (Lipinski definition) is 2. The number of carbonyl (C=O) groups excluding carboxylic acids is 1. The molecule has 1 aromatic carbocycles. The predicted molar refractivity (Wildman–Crippen MR) is 105 cm³/mol. The van der Waals surface area contributed by atoms with Crippen LogP contribution in [0, 0.1) is 0 Å². The molecule has 3 heterocycles. The van der Waals surface area contributed by atoms with Gasteiger partial charge in [-0.25, -0.2) is 0 Å². The van der Waals surface area contributed by atoms with E-state index in [1.54, 1.807) is 0 Å². The molecule has 28 heavy (non-hydrogen) atoms. The second-order valence-electron chi connectivity index (χ2n) is 6.35. The second kappa shape index (κ2) is 8.31. The molecule has 1 saturated heterocycles. The second-order valence-corrected chi connectivity index (χ2v) is 6.96. The van der Waals surface area contributed by atoms with Gasteiger partial charge in [0.15, 0.2) is 5.69 Å². The summed E-state index contributed by atoms with van der Waals surface area (Å²) in [4.78, 5) is 18.7. The SMILES string of the molecule is Nc1nc(Nc2ccc(OCCN3CCCC3)cc2)nn1C(=O)c1csnn1. The minimum atomic E-state index is -0.478. The van der Waals surface area contributed by atoms with Gasteiger partial charge in [0.05, 0.1) is 0 Å². The van der Waals surface area contributed by atoms with Crippen molar-refractivity contribution < 1.29 is 9.53 Å². The van der Waals surface area contributed by atoms with Gasteiger partial charge >= 0.3 is 5.91 Å². The number of likely N-dealkylation sites (tertiary alicyclic amines) is 1.